The summed E-state index contributed by atoms with van der Waals surface area (Å²) in [6.07, 6.45) is -4.86. The van der Waals surface area contributed by atoms with Crippen molar-refractivity contribution in [1.29, 1.82) is 0 Å². The summed E-state index contributed by atoms with van der Waals surface area (Å²) >= 11 is 0. The molecule has 0 amide bonds. The molecular formula is C11H24O5Si. The summed E-state index contributed by atoms with van der Waals surface area (Å²) in [5.74, 6) is 0. The third-order valence-corrected chi connectivity index (χ3v) is 4.65. The molecule has 17 heavy (non-hydrogen) atoms. The quantitative estimate of drug-likeness (QED) is 0.631. The molecule has 0 saturated carbocycles. The molecule has 1 aliphatic heterocycles. The van der Waals surface area contributed by atoms with Crippen LogP contribution in [0.2, 0.25) is 25.7 Å². The molecule has 0 aliphatic carbocycles. The normalized spacial score (nSPS) is 39.4. The molecule has 102 valence electrons. The maximum absolute atomic E-state index is 9.71. The summed E-state index contributed by atoms with van der Waals surface area (Å²) in [4.78, 5) is 0. The summed E-state index contributed by atoms with van der Waals surface area (Å²) in [7, 11) is -1.19. The first kappa shape index (κ1) is 15.1. The maximum Gasteiger partial charge on any atom is 0.186 e. The van der Waals surface area contributed by atoms with Crippen LogP contribution in [0.4, 0.5) is 0 Å². The van der Waals surface area contributed by atoms with E-state index in [1.807, 2.05) is 0 Å². The maximum atomic E-state index is 9.71. The largest absolute Gasteiger partial charge is 0.388 e. The minimum absolute atomic E-state index is 0.507. The fourth-order valence-electron chi connectivity index (χ4n) is 1.63. The molecule has 0 bridgehead atoms. The lowest BCUT2D eigenvalue weighted by Gasteiger charge is -2.39. The average Bonchev–Trinajstić information content (AvgIpc) is 2.21. The van der Waals surface area contributed by atoms with Crippen LogP contribution in [-0.4, -0.2) is 60.7 Å². The minimum Gasteiger partial charge on any atom is -0.388 e. The first-order valence-electron chi connectivity index (χ1n) is 6.03. The Morgan fingerprint density at radius 3 is 2.18 bits per heavy atom. The summed E-state index contributed by atoms with van der Waals surface area (Å²) < 4.78 is 10.8. The molecule has 1 saturated heterocycles. The first-order valence-corrected chi connectivity index (χ1v) is 9.74. The van der Waals surface area contributed by atoms with Gasteiger partial charge in [-0.25, -0.2) is 0 Å². The molecule has 0 unspecified atom stereocenters. The van der Waals surface area contributed by atoms with E-state index in [2.05, 4.69) is 19.6 Å². The predicted molar refractivity (Wildman–Crippen MR) is 66.5 cm³/mol. The van der Waals surface area contributed by atoms with E-state index in [1.165, 1.54) is 0 Å². The molecule has 5 atom stereocenters. The van der Waals surface area contributed by atoms with Crippen molar-refractivity contribution in [1.82, 2.24) is 0 Å². The van der Waals surface area contributed by atoms with Gasteiger partial charge in [0.15, 0.2) is 6.29 Å². The van der Waals surface area contributed by atoms with Crippen LogP contribution in [0.3, 0.4) is 0 Å². The highest BCUT2D eigenvalue weighted by Gasteiger charge is 2.42. The summed E-state index contributed by atoms with van der Waals surface area (Å²) in [5.41, 5.74) is 0. The van der Waals surface area contributed by atoms with Crippen molar-refractivity contribution in [2.45, 2.75) is 63.3 Å². The Morgan fingerprint density at radius 1 is 1.06 bits per heavy atom. The molecule has 3 N–H and O–H groups in total. The molecule has 0 aromatic carbocycles. The minimum atomic E-state index is -1.21. The second-order valence-electron chi connectivity index (χ2n) is 5.86. The highest BCUT2D eigenvalue weighted by Crippen LogP contribution is 2.22. The van der Waals surface area contributed by atoms with Gasteiger partial charge in [0.2, 0.25) is 0 Å². The van der Waals surface area contributed by atoms with Gasteiger partial charge >= 0.3 is 0 Å². The number of ether oxygens (including phenoxy) is 2. The number of rotatable bonds is 4. The molecule has 1 fully saturated rings. The van der Waals surface area contributed by atoms with Gasteiger partial charge in [-0.05, 0) is 13.0 Å². The third kappa shape index (κ3) is 4.31. The van der Waals surface area contributed by atoms with Gasteiger partial charge in [0.05, 0.1) is 6.10 Å². The summed E-state index contributed by atoms with van der Waals surface area (Å²) in [5, 5.41) is 28.8. The molecule has 6 heteroatoms. The first-order chi connectivity index (χ1) is 7.72. The predicted octanol–water partition coefficient (Wildman–Crippen LogP) is 0.169. The molecule has 0 aromatic rings. The molecule has 0 radical (unpaired) electrons. The van der Waals surface area contributed by atoms with Gasteiger partial charge in [-0.2, -0.15) is 0 Å². The SMILES string of the molecule is C[C@H]1O[C@@H](OCC[Si](C)(C)C)[C@H](O)[C@@H](O)[C@H]1O. The third-order valence-electron chi connectivity index (χ3n) is 2.94. The van der Waals surface area contributed by atoms with Gasteiger partial charge in [0.25, 0.3) is 0 Å². The Balaban J connectivity index is 2.43. The molecule has 0 spiro atoms. The van der Waals surface area contributed by atoms with E-state index in [-0.39, 0.29) is 0 Å². The zero-order chi connectivity index (χ0) is 13.2. The highest BCUT2D eigenvalue weighted by atomic mass is 28.3. The van der Waals surface area contributed by atoms with Crippen molar-refractivity contribution in [3.05, 3.63) is 0 Å². The van der Waals surface area contributed by atoms with E-state index in [1.54, 1.807) is 6.92 Å². The lowest BCUT2D eigenvalue weighted by atomic mass is 10.0. The Labute approximate surface area is 103 Å². The van der Waals surface area contributed by atoms with Crippen LogP contribution in [0.15, 0.2) is 0 Å². The van der Waals surface area contributed by atoms with Gasteiger partial charge in [0.1, 0.15) is 18.3 Å². The number of hydrogen-bond donors (Lipinski definition) is 3. The van der Waals surface area contributed by atoms with E-state index in [9.17, 15) is 15.3 Å². The van der Waals surface area contributed by atoms with Crippen LogP contribution in [0, 0.1) is 0 Å². The average molecular weight is 264 g/mol. The van der Waals surface area contributed by atoms with Crippen molar-refractivity contribution in [2.24, 2.45) is 0 Å². The number of hydrogen-bond acceptors (Lipinski definition) is 5. The van der Waals surface area contributed by atoms with Crippen LogP contribution in [0.1, 0.15) is 6.92 Å². The van der Waals surface area contributed by atoms with Gasteiger partial charge in [0, 0.05) is 14.7 Å². The monoisotopic (exact) mass is 264 g/mol. The topological polar surface area (TPSA) is 79.2 Å². The van der Waals surface area contributed by atoms with E-state index in [4.69, 9.17) is 9.47 Å². The van der Waals surface area contributed by atoms with Crippen molar-refractivity contribution in [2.75, 3.05) is 6.61 Å². The molecule has 1 rings (SSSR count). The summed E-state index contributed by atoms with van der Waals surface area (Å²) in [6.45, 7) is 8.85. The fraction of sp³-hybridized carbons (Fsp3) is 1.00. The van der Waals surface area contributed by atoms with E-state index < -0.39 is 38.8 Å². The fourth-order valence-corrected chi connectivity index (χ4v) is 2.36. The highest BCUT2D eigenvalue weighted by molar-refractivity contribution is 6.76. The Kier molecular flexibility index (Phi) is 5.12. The van der Waals surface area contributed by atoms with E-state index in [0.29, 0.717) is 6.61 Å². The zero-order valence-corrected chi connectivity index (χ0v) is 12.0. The van der Waals surface area contributed by atoms with Crippen LogP contribution in [-0.2, 0) is 9.47 Å². The second kappa shape index (κ2) is 5.77. The lowest BCUT2D eigenvalue weighted by molar-refractivity contribution is -0.291. The Hall–Kier alpha value is 0.0169. The van der Waals surface area contributed by atoms with Gasteiger partial charge in [-0.1, -0.05) is 19.6 Å². The molecule has 1 heterocycles. The molecule has 5 nitrogen and oxygen atoms in total. The Morgan fingerprint density at radius 2 is 1.65 bits per heavy atom. The van der Waals surface area contributed by atoms with Crippen molar-refractivity contribution >= 4 is 8.07 Å². The summed E-state index contributed by atoms with van der Waals surface area (Å²) in [6, 6.07) is 0.965. The Bertz CT molecular complexity index is 243. The van der Waals surface area contributed by atoms with Gasteiger partial charge in [-0.15, -0.1) is 0 Å². The van der Waals surface area contributed by atoms with Crippen molar-refractivity contribution in [3.63, 3.8) is 0 Å². The van der Waals surface area contributed by atoms with Gasteiger partial charge < -0.3 is 24.8 Å². The second-order valence-corrected chi connectivity index (χ2v) is 11.5. The smallest absolute Gasteiger partial charge is 0.186 e. The van der Waals surface area contributed by atoms with Crippen molar-refractivity contribution in [3.8, 4) is 0 Å². The molecule has 1 aliphatic rings. The van der Waals surface area contributed by atoms with Gasteiger partial charge in [-0.3, -0.25) is 0 Å². The standard InChI is InChI=1S/C11H24O5Si/c1-7-8(12)9(13)10(14)11(16-7)15-5-6-17(2,3)4/h7-14H,5-6H2,1-4H3/t7-,8+,9+,10-,11-/m1/s1. The van der Waals surface area contributed by atoms with Crippen LogP contribution >= 0.6 is 0 Å². The van der Waals surface area contributed by atoms with Crippen molar-refractivity contribution < 1.29 is 24.8 Å². The lowest BCUT2D eigenvalue weighted by Crippen LogP contribution is -2.57. The van der Waals surface area contributed by atoms with E-state index in [0.717, 1.165) is 6.04 Å². The van der Waals surface area contributed by atoms with Crippen LogP contribution < -0.4 is 0 Å². The number of aliphatic hydroxyl groups excluding tert-OH is 3. The van der Waals surface area contributed by atoms with E-state index >= 15 is 0 Å². The molecule has 0 aromatic heterocycles. The molecular weight excluding hydrogens is 240 g/mol. The van der Waals surface area contributed by atoms with Crippen LogP contribution in [0.25, 0.3) is 0 Å². The number of aliphatic hydroxyl groups is 3. The zero-order valence-electron chi connectivity index (χ0n) is 11.0. The van der Waals surface area contributed by atoms with Crippen LogP contribution in [0.5, 0.6) is 0 Å².